The molecule has 4 rings (SSSR count). The maximum Gasteiger partial charge on any atom is 0.242 e. The molecule has 3 N–H and O–H groups in total. The summed E-state index contributed by atoms with van der Waals surface area (Å²) in [6.45, 7) is 5.42. The Hall–Kier alpha value is -3.75. The first-order chi connectivity index (χ1) is 20.2. The number of hydrogen-bond donors (Lipinski definition) is 3. The molecule has 0 aliphatic heterocycles. The van der Waals surface area contributed by atoms with Crippen LogP contribution in [0.25, 0.3) is 11.1 Å². The molecule has 42 heavy (non-hydrogen) atoms. The lowest BCUT2D eigenvalue weighted by atomic mass is 9.95. The predicted molar refractivity (Wildman–Crippen MR) is 165 cm³/mol. The second-order valence-corrected chi connectivity index (χ2v) is 11.7. The normalized spacial score (nSPS) is 17.5. The number of rotatable bonds is 9. The molecule has 0 heterocycles. The van der Waals surface area contributed by atoms with Gasteiger partial charge in [-0.3, -0.25) is 14.4 Å². The molecule has 0 aromatic heterocycles. The molecule has 228 valence electrons. The molecule has 0 spiro atoms. The van der Waals surface area contributed by atoms with Crippen molar-refractivity contribution in [2.75, 3.05) is 26.6 Å². The van der Waals surface area contributed by atoms with Crippen LogP contribution in [-0.2, 0) is 16.0 Å². The third-order valence-electron chi connectivity index (χ3n) is 8.38. The Balaban J connectivity index is 1.81. The summed E-state index contributed by atoms with van der Waals surface area (Å²) in [5, 5.41) is 9.54. The number of nitrogens with one attached hydrogen (secondary N) is 3. The summed E-state index contributed by atoms with van der Waals surface area (Å²) < 4.78 is 17.1. The van der Waals surface area contributed by atoms with Crippen molar-refractivity contribution in [3.05, 3.63) is 45.6 Å². The molecule has 9 nitrogen and oxygen atoms in total. The van der Waals surface area contributed by atoms with Crippen LogP contribution in [-0.4, -0.2) is 45.2 Å². The molecule has 9 heteroatoms. The second-order valence-electron chi connectivity index (χ2n) is 11.7. The largest absolute Gasteiger partial charge is 0.493 e. The van der Waals surface area contributed by atoms with Crippen LogP contribution in [0.5, 0.6) is 17.2 Å². The van der Waals surface area contributed by atoms with Gasteiger partial charge in [0.1, 0.15) is 6.04 Å². The summed E-state index contributed by atoms with van der Waals surface area (Å²) in [4.78, 5) is 39.4. The first-order valence-electron chi connectivity index (χ1n) is 15.0. The van der Waals surface area contributed by atoms with Crippen LogP contribution in [0, 0.1) is 5.92 Å². The zero-order valence-electron chi connectivity index (χ0n) is 25.7. The number of anilines is 1. The smallest absolute Gasteiger partial charge is 0.242 e. The van der Waals surface area contributed by atoms with E-state index in [-0.39, 0.29) is 29.2 Å². The molecule has 1 fully saturated rings. The van der Waals surface area contributed by atoms with Gasteiger partial charge in [-0.2, -0.15) is 0 Å². The van der Waals surface area contributed by atoms with E-state index in [0.717, 1.165) is 42.4 Å². The van der Waals surface area contributed by atoms with Gasteiger partial charge in [0, 0.05) is 18.5 Å². The van der Waals surface area contributed by atoms with E-state index in [1.165, 1.54) is 19.8 Å². The van der Waals surface area contributed by atoms with Gasteiger partial charge in [0.05, 0.1) is 33.1 Å². The number of fused-ring (bicyclic) bond motifs is 3. The summed E-state index contributed by atoms with van der Waals surface area (Å²) in [6, 6.07) is 6.27. The fourth-order valence-electron chi connectivity index (χ4n) is 6.24. The van der Waals surface area contributed by atoms with E-state index in [0.29, 0.717) is 41.3 Å². The summed E-state index contributed by atoms with van der Waals surface area (Å²) in [6.07, 6.45) is 7.80. The standard InChI is InChI=1S/C33H45N3O6/c1-19(2)30(33(39)35-22-11-9-7-8-10-12-22)36-26-16-14-23-24(18-27(26)38)25(34-20(3)37)15-13-21-17-28(40-4)31(41-5)32(42-6)29(21)23/h14,16-19,22,25,30H,7-13,15H2,1-6H3,(H,34,37)(H,35,39)(H,36,38)/t25-,30+/m0/s1. The Kier molecular flexibility index (Phi) is 10.4. The van der Waals surface area contributed by atoms with E-state index >= 15 is 0 Å². The molecule has 0 unspecified atom stereocenters. The number of aryl methyl sites for hydroxylation is 1. The number of amides is 2. The van der Waals surface area contributed by atoms with Gasteiger partial charge in [-0.1, -0.05) is 45.6 Å². The first-order valence-corrected chi connectivity index (χ1v) is 15.0. The summed E-state index contributed by atoms with van der Waals surface area (Å²) >= 11 is 0. The highest BCUT2D eigenvalue weighted by molar-refractivity contribution is 5.86. The number of carbonyl (C=O) groups is 2. The van der Waals surface area contributed by atoms with Crippen LogP contribution in [0.3, 0.4) is 0 Å². The number of carbonyl (C=O) groups excluding carboxylic acids is 2. The Morgan fingerprint density at radius 1 is 0.881 bits per heavy atom. The molecule has 2 amide bonds. The molecule has 0 saturated heterocycles. The molecule has 0 radical (unpaired) electrons. The number of hydrogen-bond acceptors (Lipinski definition) is 7. The number of ether oxygens (including phenoxy) is 3. The zero-order chi connectivity index (χ0) is 30.4. The third kappa shape index (κ3) is 6.82. The van der Waals surface area contributed by atoms with Gasteiger partial charge < -0.3 is 30.2 Å². The quantitative estimate of drug-likeness (QED) is 0.353. The van der Waals surface area contributed by atoms with Crippen molar-refractivity contribution < 1.29 is 23.8 Å². The van der Waals surface area contributed by atoms with Crippen LogP contribution in [0.1, 0.15) is 82.9 Å². The molecule has 1 saturated carbocycles. The van der Waals surface area contributed by atoms with E-state index in [4.69, 9.17) is 14.2 Å². The summed E-state index contributed by atoms with van der Waals surface area (Å²) in [5.74, 6) is 1.15. The lowest BCUT2D eigenvalue weighted by Gasteiger charge is -2.25. The van der Waals surface area contributed by atoms with Crippen molar-refractivity contribution >= 4 is 17.5 Å². The Morgan fingerprint density at radius 3 is 2.17 bits per heavy atom. The monoisotopic (exact) mass is 579 g/mol. The van der Waals surface area contributed by atoms with Crippen LogP contribution >= 0.6 is 0 Å². The van der Waals surface area contributed by atoms with Crippen LogP contribution in [0.2, 0.25) is 0 Å². The fourth-order valence-corrected chi connectivity index (χ4v) is 6.24. The van der Waals surface area contributed by atoms with Gasteiger partial charge in [0.15, 0.2) is 11.5 Å². The highest BCUT2D eigenvalue weighted by Crippen LogP contribution is 2.50. The predicted octanol–water partition coefficient (Wildman–Crippen LogP) is 5.14. The highest BCUT2D eigenvalue weighted by atomic mass is 16.5. The van der Waals surface area contributed by atoms with E-state index in [2.05, 4.69) is 16.0 Å². The minimum atomic E-state index is -0.583. The second kappa shape index (κ2) is 13.9. The summed E-state index contributed by atoms with van der Waals surface area (Å²) in [5.41, 5.74) is 3.22. The number of methoxy groups -OCH3 is 3. The van der Waals surface area contributed by atoms with Crippen molar-refractivity contribution in [2.45, 2.75) is 90.3 Å². The van der Waals surface area contributed by atoms with Gasteiger partial charge in [0.2, 0.25) is 23.0 Å². The van der Waals surface area contributed by atoms with Crippen molar-refractivity contribution in [1.82, 2.24) is 10.6 Å². The van der Waals surface area contributed by atoms with Crippen molar-refractivity contribution in [3.8, 4) is 28.4 Å². The van der Waals surface area contributed by atoms with Crippen LogP contribution < -0.4 is 35.6 Å². The van der Waals surface area contributed by atoms with E-state index in [1.807, 2.05) is 26.0 Å². The lowest BCUT2D eigenvalue weighted by molar-refractivity contribution is -0.123. The average molecular weight is 580 g/mol. The van der Waals surface area contributed by atoms with Crippen molar-refractivity contribution in [2.24, 2.45) is 5.92 Å². The molecular formula is C33H45N3O6. The lowest BCUT2D eigenvalue weighted by Crippen LogP contribution is -2.47. The maximum atomic E-state index is 13.8. The number of benzene rings is 1. The van der Waals surface area contributed by atoms with Crippen LogP contribution in [0.15, 0.2) is 29.1 Å². The van der Waals surface area contributed by atoms with Crippen LogP contribution in [0.4, 0.5) is 5.69 Å². The van der Waals surface area contributed by atoms with Gasteiger partial charge in [-0.15, -0.1) is 0 Å². The van der Waals surface area contributed by atoms with Crippen molar-refractivity contribution in [3.63, 3.8) is 0 Å². The Bertz CT molecular complexity index is 1350. The minimum absolute atomic E-state index is 0.0526. The van der Waals surface area contributed by atoms with Gasteiger partial charge >= 0.3 is 0 Å². The molecule has 2 atom stereocenters. The molecule has 2 aromatic rings. The fraction of sp³-hybridized carbons (Fsp3) is 0.545. The topological polar surface area (TPSA) is 115 Å². The average Bonchev–Trinajstić information content (AvgIpc) is 3.36. The molecule has 0 bridgehead atoms. The van der Waals surface area contributed by atoms with E-state index in [1.54, 1.807) is 33.5 Å². The Morgan fingerprint density at radius 2 is 1.57 bits per heavy atom. The molecular weight excluding hydrogens is 534 g/mol. The van der Waals surface area contributed by atoms with Gasteiger partial charge in [-0.05, 0) is 66.5 Å². The first kappa shape index (κ1) is 31.2. The van der Waals surface area contributed by atoms with E-state index in [9.17, 15) is 14.4 Å². The summed E-state index contributed by atoms with van der Waals surface area (Å²) in [7, 11) is 4.70. The van der Waals surface area contributed by atoms with Crippen molar-refractivity contribution in [1.29, 1.82) is 0 Å². The molecule has 2 aliphatic carbocycles. The van der Waals surface area contributed by atoms with Gasteiger partial charge in [-0.25, -0.2) is 0 Å². The van der Waals surface area contributed by atoms with Gasteiger partial charge in [0.25, 0.3) is 0 Å². The highest BCUT2D eigenvalue weighted by Gasteiger charge is 2.30. The molecule has 2 aromatic carbocycles. The maximum absolute atomic E-state index is 13.8. The SMILES string of the molecule is COc1cc2c(c(OC)c1OC)-c1ccc(N[C@@H](C(=O)NC3CCCCCC3)C(C)C)c(=O)cc1[C@@H](NC(C)=O)CC2. The Labute approximate surface area is 248 Å². The third-order valence-corrected chi connectivity index (χ3v) is 8.38. The minimum Gasteiger partial charge on any atom is -0.493 e. The van der Waals surface area contributed by atoms with E-state index < -0.39 is 12.1 Å². The molecule has 2 aliphatic rings. The zero-order valence-corrected chi connectivity index (χ0v) is 25.7.